The SMILES string of the molecule is C[C@@H]1C[C@@H](C)CN(c2cc(N3CCCCCC3)nc(NC(=S)NCc3ccc(N4CCCC4)cc3)n2)C1. The van der Waals surface area contributed by atoms with Crippen LogP contribution in [0.2, 0.25) is 0 Å². The average Bonchev–Trinajstić information content (AvgIpc) is 3.29. The number of thiocarbonyl (C=S) groups is 1. The van der Waals surface area contributed by atoms with Crippen LogP contribution in [0.15, 0.2) is 30.3 Å². The van der Waals surface area contributed by atoms with Gasteiger partial charge in [-0.25, -0.2) is 0 Å². The van der Waals surface area contributed by atoms with Gasteiger partial charge < -0.3 is 25.3 Å². The molecule has 0 bridgehead atoms. The Balaban J connectivity index is 1.27. The third kappa shape index (κ3) is 7.03. The number of hydrogen-bond donors (Lipinski definition) is 2. The first-order chi connectivity index (χ1) is 18.0. The van der Waals surface area contributed by atoms with E-state index >= 15 is 0 Å². The minimum atomic E-state index is 0.558. The molecule has 0 spiro atoms. The summed E-state index contributed by atoms with van der Waals surface area (Å²) in [7, 11) is 0. The van der Waals surface area contributed by atoms with Crippen LogP contribution in [0.1, 0.15) is 64.4 Å². The van der Waals surface area contributed by atoms with Crippen LogP contribution in [0.5, 0.6) is 0 Å². The molecule has 2 N–H and O–H groups in total. The number of nitrogens with one attached hydrogen (secondary N) is 2. The van der Waals surface area contributed by atoms with E-state index in [0.29, 0.717) is 29.4 Å². The van der Waals surface area contributed by atoms with Crippen molar-refractivity contribution < 1.29 is 0 Å². The maximum atomic E-state index is 5.67. The van der Waals surface area contributed by atoms with Crippen LogP contribution in [0.4, 0.5) is 23.3 Å². The predicted molar refractivity (Wildman–Crippen MR) is 159 cm³/mol. The second-order valence-corrected chi connectivity index (χ2v) is 11.7. The molecular weight excluding hydrogens is 478 g/mol. The standard InChI is InChI=1S/C29H43N7S/c1-22-17-23(2)21-36(20-22)27-18-26(35-15-5-3-4-6-16-35)31-28(32-27)33-29(37)30-19-24-9-11-25(12-10-24)34-13-7-8-14-34/h9-12,18,22-23H,3-8,13-17,19-21H2,1-2H3,(H2,30,31,32,33,37)/t22-,23-/m1/s1. The molecule has 200 valence electrons. The van der Waals surface area contributed by atoms with E-state index in [9.17, 15) is 0 Å². The molecule has 1 aromatic carbocycles. The van der Waals surface area contributed by atoms with E-state index < -0.39 is 0 Å². The van der Waals surface area contributed by atoms with Gasteiger partial charge in [-0.05, 0) is 73.9 Å². The summed E-state index contributed by atoms with van der Waals surface area (Å²) in [4.78, 5) is 17.2. The highest BCUT2D eigenvalue weighted by molar-refractivity contribution is 7.80. The van der Waals surface area contributed by atoms with Crippen molar-refractivity contribution in [2.75, 3.05) is 59.3 Å². The van der Waals surface area contributed by atoms with Gasteiger partial charge in [0.05, 0.1) is 0 Å². The van der Waals surface area contributed by atoms with Gasteiger partial charge in [0.15, 0.2) is 5.11 Å². The summed E-state index contributed by atoms with van der Waals surface area (Å²) in [6.45, 7) is 11.9. The summed E-state index contributed by atoms with van der Waals surface area (Å²) in [5.74, 6) is 3.94. The zero-order valence-electron chi connectivity index (χ0n) is 22.6. The van der Waals surface area contributed by atoms with Crippen molar-refractivity contribution in [3.8, 4) is 0 Å². The van der Waals surface area contributed by atoms with Gasteiger partial charge in [-0.15, -0.1) is 0 Å². The number of aromatic nitrogens is 2. The first kappa shape index (κ1) is 26.0. The molecule has 2 aromatic rings. The van der Waals surface area contributed by atoms with Gasteiger partial charge >= 0.3 is 0 Å². The summed E-state index contributed by atoms with van der Waals surface area (Å²) >= 11 is 5.67. The largest absolute Gasteiger partial charge is 0.372 e. The lowest BCUT2D eigenvalue weighted by molar-refractivity contribution is 0.355. The molecule has 37 heavy (non-hydrogen) atoms. The molecule has 0 amide bonds. The van der Waals surface area contributed by atoms with Crippen molar-refractivity contribution in [1.29, 1.82) is 0 Å². The summed E-state index contributed by atoms with van der Waals surface area (Å²) in [5, 5.41) is 7.22. The minimum absolute atomic E-state index is 0.558. The monoisotopic (exact) mass is 521 g/mol. The molecule has 8 heteroatoms. The fraction of sp³-hybridized carbons (Fsp3) is 0.621. The average molecular weight is 522 g/mol. The molecule has 0 saturated carbocycles. The molecule has 0 aliphatic carbocycles. The lowest BCUT2D eigenvalue weighted by Crippen LogP contribution is -2.39. The number of piperidine rings is 1. The van der Waals surface area contributed by atoms with Gasteiger partial charge in [0.1, 0.15) is 11.6 Å². The first-order valence-corrected chi connectivity index (χ1v) is 14.7. The molecule has 3 fully saturated rings. The maximum absolute atomic E-state index is 5.67. The van der Waals surface area contributed by atoms with Crippen molar-refractivity contribution in [1.82, 2.24) is 15.3 Å². The number of benzene rings is 1. The molecule has 5 rings (SSSR count). The molecule has 0 unspecified atom stereocenters. The Bertz CT molecular complexity index is 1020. The molecule has 3 aliphatic heterocycles. The van der Waals surface area contributed by atoms with Crippen molar-refractivity contribution in [3.63, 3.8) is 0 Å². The summed E-state index contributed by atoms with van der Waals surface area (Å²) in [6.07, 6.45) is 8.90. The molecule has 1 aromatic heterocycles. The Morgan fingerprint density at radius 3 is 2.03 bits per heavy atom. The number of hydrogen-bond acceptors (Lipinski definition) is 6. The number of anilines is 4. The van der Waals surface area contributed by atoms with Crippen LogP contribution in [0.3, 0.4) is 0 Å². The quantitative estimate of drug-likeness (QED) is 0.489. The molecule has 2 atom stereocenters. The predicted octanol–water partition coefficient (Wildman–Crippen LogP) is 5.43. The molecule has 7 nitrogen and oxygen atoms in total. The highest BCUT2D eigenvalue weighted by Crippen LogP contribution is 2.29. The van der Waals surface area contributed by atoms with Gasteiger partial charge in [0, 0.05) is 57.6 Å². The highest BCUT2D eigenvalue weighted by atomic mass is 32.1. The lowest BCUT2D eigenvalue weighted by atomic mass is 9.92. The Hall–Kier alpha value is -2.61. The van der Waals surface area contributed by atoms with Gasteiger partial charge in [0.25, 0.3) is 0 Å². The van der Waals surface area contributed by atoms with Crippen LogP contribution < -0.4 is 25.3 Å². The zero-order chi connectivity index (χ0) is 25.6. The van der Waals surface area contributed by atoms with Crippen molar-refractivity contribution >= 4 is 40.6 Å². The zero-order valence-corrected chi connectivity index (χ0v) is 23.4. The number of rotatable bonds is 6. The van der Waals surface area contributed by atoms with E-state index in [1.807, 2.05) is 0 Å². The molecule has 3 saturated heterocycles. The smallest absolute Gasteiger partial charge is 0.232 e. The van der Waals surface area contributed by atoms with Gasteiger partial charge in [0.2, 0.25) is 5.95 Å². The van der Waals surface area contributed by atoms with Crippen LogP contribution in [-0.4, -0.2) is 54.3 Å². The Morgan fingerprint density at radius 2 is 1.38 bits per heavy atom. The van der Waals surface area contributed by atoms with Crippen molar-refractivity contribution in [2.45, 2.75) is 65.3 Å². The summed E-state index contributed by atoms with van der Waals surface area (Å²) in [5.41, 5.74) is 2.53. The Labute approximate surface area is 228 Å². The van der Waals surface area contributed by atoms with E-state index in [-0.39, 0.29) is 0 Å². The van der Waals surface area contributed by atoms with Gasteiger partial charge in [-0.3, -0.25) is 0 Å². The molecule has 3 aliphatic rings. The van der Waals surface area contributed by atoms with E-state index in [4.69, 9.17) is 22.2 Å². The normalized spacial score (nSPS) is 22.6. The van der Waals surface area contributed by atoms with Gasteiger partial charge in [-0.2, -0.15) is 9.97 Å². The fourth-order valence-electron chi connectivity index (χ4n) is 6.08. The van der Waals surface area contributed by atoms with E-state index in [0.717, 1.165) is 37.8 Å². The minimum Gasteiger partial charge on any atom is -0.372 e. The molecular formula is C29H43N7S. The van der Waals surface area contributed by atoms with E-state index in [2.05, 4.69) is 69.5 Å². The van der Waals surface area contributed by atoms with Crippen LogP contribution in [0.25, 0.3) is 0 Å². The van der Waals surface area contributed by atoms with Crippen molar-refractivity contribution in [3.05, 3.63) is 35.9 Å². The Morgan fingerprint density at radius 1 is 0.811 bits per heavy atom. The molecule has 4 heterocycles. The topological polar surface area (TPSA) is 59.6 Å². The third-order valence-electron chi connectivity index (χ3n) is 7.91. The first-order valence-electron chi connectivity index (χ1n) is 14.3. The fourth-order valence-corrected chi connectivity index (χ4v) is 6.24. The highest BCUT2D eigenvalue weighted by Gasteiger charge is 2.25. The van der Waals surface area contributed by atoms with Gasteiger partial charge in [-0.1, -0.05) is 38.8 Å². The van der Waals surface area contributed by atoms with Crippen LogP contribution in [-0.2, 0) is 6.54 Å². The summed E-state index contributed by atoms with van der Waals surface area (Å²) < 4.78 is 0. The second kappa shape index (κ2) is 12.3. The summed E-state index contributed by atoms with van der Waals surface area (Å²) in [6, 6.07) is 11.0. The Kier molecular flexibility index (Phi) is 8.64. The van der Waals surface area contributed by atoms with E-state index in [1.54, 1.807) is 0 Å². The maximum Gasteiger partial charge on any atom is 0.232 e. The van der Waals surface area contributed by atoms with Crippen molar-refractivity contribution in [2.24, 2.45) is 11.8 Å². The third-order valence-corrected chi connectivity index (χ3v) is 8.15. The van der Waals surface area contributed by atoms with Crippen LogP contribution in [0, 0.1) is 11.8 Å². The second-order valence-electron chi connectivity index (χ2n) is 11.3. The lowest BCUT2D eigenvalue weighted by Gasteiger charge is -2.36. The van der Waals surface area contributed by atoms with E-state index in [1.165, 1.54) is 69.3 Å². The molecule has 0 radical (unpaired) electrons. The van der Waals surface area contributed by atoms with Crippen LogP contribution >= 0.6 is 12.2 Å². The number of nitrogens with zero attached hydrogens (tertiary/aromatic N) is 5.